The first kappa shape index (κ1) is 13.8. The first-order chi connectivity index (χ1) is 10.1. The number of carbonyl (C=O) groups excluding carboxylic acids is 1. The number of fused-ring (bicyclic) bond motifs is 1. The minimum atomic E-state index is -0.215. The molecule has 5 heteroatoms. The van der Waals surface area contributed by atoms with Crippen molar-refractivity contribution in [3.8, 4) is 0 Å². The summed E-state index contributed by atoms with van der Waals surface area (Å²) in [6.07, 6.45) is 2.31. The summed E-state index contributed by atoms with van der Waals surface area (Å²) in [6.45, 7) is 4.74. The first-order valence-corrected chi connectivity index (χ1v) is 7.25. The summed E-state index contributed by atoms with van der Waals surface area (Å²) in [4.78, 5) is 19.8. The summed E-state index contributed by atoms with van der Waals surface area (Å²) >= 11 is 0. The third-order valence-electron chi connectivity index (χ3n) is 4.06. The molecule has 1 aromatic heterocycles. The van der Waals surface area contributed by atoms with Gasteiger partial charge in [-0.1, -0.05) is 24.3 Å². The van der Waals surface area contributed by atoms with Gasteiger partial charge in [0, 0.05) is 13.0 Å². The highest BCUT2D eigenvalue weighted by Crippen LogP contribution is 2.18. The Morgan fingerprint density at radius 2 is 2.24 bits per heavy atom. The number of hydrogen-bond donors (Lipinski definition) is 3. The maximum absolute atomic E-state index is 12.4. The molecule has 2 atom stereocenters. The van der Waals surface area contributed by atoms with E-state index in [1.807, 2.05) is 19.1 Å². The molecule has 21 heavy (non-hydrogen) atoms. The smallest absolute Gasteiger partial charge is 0.238 e. The molecule has 1 aliphatic rings. The average molecular weight is 284 g/mol. The van der Waals surface area contributed by atoms with Crippen LogP contribution in [0.4, 0.5) is 0 Å². The molecule has 5 nitrogen and oxygen atoms in total. The fourth-order valence-electron chi connectivity index (χ4n) is 2.82. The molecule has 1 aliphatic heterocycles. The minimum absolute atomic E-state index is 0.00100. The highest BCUT2D eigenvalue weighted by atomic mass is 16.2. The summed E-state index contributed by atoms with van der Waals surface area (Å²) in [6, 6.07) is 7.91. The van der Waals surface area contributed by atoms with E-state index in [1.54, 1.807) is 6.33 Å². The second-order valence-electron chi connectivity index (χ2n) is 5.55. The van der Waals surface area contributed by atoms with Crippen LogP contribution in [0.2, 0.25) is 0 Å². The van der Waals surface area contributed by atoms with Crippen molar-refractivity contribution in [3.05, 3.63) is 53.1 Å². The first-order valence-electron chi connectivity index (χ1n) is 7.25. The lowest BCUT2D eigenvalue weighted by atomic mass is 10.0. The molecule has 0 fully saturated rings. The van der Waals surface area contributed by atoms with Crippen LogP contribution in [0.25, 0.3) is 0 Å². The maximum atomic E-state index is 12.4. The predicted octanol–water partition coefficient (Wildman–Crippen LogP) is 1.61. The Labute approximate surface area is 124 Å². The highest BCUT2D eigenvalue weighted by molar-refractivity contribution is 5.82. The quantitative estimate of drug-likeness (QED) is 0.802. The van der Waals surface area contributed by atoms with Gasteiger partial charge in [0.1, 0.15) is 0 Å². The summed E-state index contributed by atoms with van der Waals surface area (Å²) < 4.78 is 0. The fourth-order valence-corrected chi connectivity index (χ4v) is 2.82. The van der Waals surface area contributed by atoms with Crippen molar-refractivity contribution >= 4 is 5.91 Å². The molecule has 1 amide bonds. The van der Waals surface area contributed by atoms with E-state index >= 15 is 0 Å². The molecule has 1 aromatic carbocycles. The normalized spacial score (nSPS) is 18.9. The molecule has 0 aliphatic carbocycles. The van der Waals surface area contributed by atoms with Crippen LogP contribution < -0.4 is 10.6 Å². The zero-order valence-electron chi connectivity index (χ0n) is 12.3. The van der Waals surface area contributed by atoms with E-state index in [1.165, 1.54) is 5.56 Å². The third-order valence-corrected chi connectivity index (χ3v) is 4.06. The second kappa shape index (κ2) is 5.69. The van der Waals surface area contributed by atoms with Crippen molar-refractivity contribution in [2.45, 2.75) is 38.9 Å². The Kier molecular flexibility index (Phi) is 3.75. The van der Waals surface area contributed by atoms with Crippen molar-refractivity contribution in [2.75, 3.05) is 0 Å². The van der Waals surface area contributed by atoms with E-state index < -0.39 is 0 Å². The van der Waals surface area contributed by atoms with E-state index in [-0.39, 0.29) is 18.0 Å². The van der Waals surface area contributed by atoms with Crippen LogP contribution in [-0.2, 0) is 17.8 Å². The number of aryl methyl sites for hydroxylation is 1. The Hall–Kier alpha value is -2.14. The third kappa shape index (κ3) is 2.83. The van der Waals surface area contributed by atoms with Crippen LogP contribution in [-0.4, -0.2) is 21.9 Å². The molecular formula is C16H20N4O. The molecule has 0 spiro atoms. The number of rotatable bonds is 3. The van der Waals surface area contributed by atoms with Gasteiger partial charge in [0.15, 0.2) is 0 Å². The molecule has 3 N–H and O–H groups in total. The van der Waals surface area contributed by atoms with Gasteiger partial charge in [0.25, 0.3) is 0 Å². The minimum Gasteiger partial charge on any atom is -0.348 e. The number of carbonyl (C=O) groups is 1. The van der Waals surface area contributed by atoms with Crippen LogP contribution in [0.1, 0.15) is 35.5 Å². The van der Waals surface area contributed by atoms with E-state index in [0.29, 0.717) is 13.0 Å². The predicted molar refractivity (Wildman–Crippen MR) is 80.7 cm³/mol. The maximum Gasteiger partial charge on any atom is 0.238 e. The van der Waals surface area contributed by atoms with Gasteiger partial charge in [-0.3, -0.25) is 10.1 Å². The SMILES string of the molecule is Cc1ccccc1[C@@H](C)NC(=O)C1Cc2nc[nH]c2CN1. The zero-order chi connectivity index (χ0) is 14.8. The van der Waals surface area contributed by atoms with Crippen molar-refractivity contribution in [2.24, 2.45) is 0 Å². The molecule has 1 unspecified atom stereocenters. The Bertz CT molecular complexity index is 649. The van der Waals surface area contributed by atoms with Crippen molar-refractivity contribution in [1.82, 2.24) is 20.6 Å². The number of nitrogens with zero attached hydrogens (tertiary/aromatic N) is 1. The Morgan fingerprint density at radius 3 is 3.05 bits per heavy atom. The van der Waals surface area contributed by atoms with Crippen molar-refractivity contribution in [3.63, 3.8) is 0 Å². The monoisotopic (exact) mass is 284 g/mol. The molecule has 0 saturated carbocycles. The van der Waals surface area contributed by atoms with Gasteiger partial charge in [0.2, 0.25) is 5.91 Å². The second-order valence-corrected chi connectivity index (χ2v) is 5.55. The van der Waals surface area contributed by atoms with Gasteiger partial charge in [0.05, 0.1) is 29.8 Å². The molecule has 0 radical (unpaired) electrons. The van der Waals surface area contributed by atoms with Gasteiger partial charge < -0.3 is 10.3 Å². The number of benzene rings is 1. The lowest BCUT2D eigenvalue weighted by molar-refractivity contribution is -0.124. The van der Waals surface area contributed by atoms with E-state index in [2.05, 4.69) is 39.7 Å². The Balaban J connectivity index is 1.66. The van der Waals surface area contributed by atoms with E-state index in [0.717, 1.165) is 17.0 Å². The summed E-state index contributed by atoms with van der Waals surface area (Å²) in [5, 5.41) is 6.34. The summed E-state index contributed by atoms with van der Waals surface area (Å²) in [5.41, 5.74) is 4.40. The number of H-pyrrole nitrogens is 1. The number of amides is 1. The summed E-state index contributed by atoms with van der Waals surface area (Å²) in [5.74, 6) is 0.0272. The van der Waals surface area contributed by atoms with Crippen molar-refractivity contribution < 1.29 is 4.79 Å². The lowest BCUT2D eigenvalue weighted by Gasteiger charge is -2.25. The lowest BCUT2D eigenvalue weighted by Crippen LogP contribution is -2.48. The zero-order valence-corrected chi connectivity index (χ0v) is 12.3. The molecular weight excluding hydrogens is 264 g/mol. The molecule has 2 heterocycles. The van der Waals surface area contributed by atoms with Crippen molar-refractivity contribution in [1.29, 1.82) is 0 Å². The molecule has 0 saturated heterocycles. The number of aromatic amines is 1. The average Bonchev–Trinajstić information content (AvgIpc) is 2.94. The standard InChI is InChI=1S/C16H20N4O/c1-10-5-3-4-6-12(10)11(2)20-16(21)14-7-13-15(8-17-14)19-9-18-13/h3-6,9,11,14,17H,7-8H2,1-2H3,(H,18,19)(H,20,21)/t11-,14?/m1/s1. The Morgan fingerprint density at radius 1 is 1.43 bits per heavy atom. The fraction of sp³-hybridized carbons (Fsp3) is 0.375. The van der Waals surface area contributed by atoms with Gasteiger partial charge in [-0.15, -0.1) is 0 Å². The van der Waals surface area contributed by atoms with Gasteiger partial charge in [-0.2, -0.15) is 0 Å². The van der Waals surface area contributed by atoms with Gasteiger partial charge in [-0.25, -0.2) is 4.98 Å². The molecule has 2 aromatic rings. The van der Waals surface area contributed by atoms with Crippen LogP contribution in [0.5, 0.6) is 0 Å². The van der Waals surface area contributed by atoms with Crippen LogP contribution in [0.3, 0.4) is 0 Å². The number of nitrogens with one attached hydrogen (secondary N) is 3. The van der Waals surface area contributed by atoms with E-state index in [4.69, 9.17) is 0 Å². The number of imidazole rings is 1. The van der Waals surface area contributed by atoms with Crippen LogP contribution in [0, 0.1) is 6.92 Å². The van der Waals surface area contributed by atoms with Crippen LogP contribution >= 0.6 is 0 Å². The summed E-state index contributed by atoms with van der Waals surface area (Å²) in [7, 11) is 0. The van der Waals surface area contributed by atoms with E-state index in [9.17, 15) is 4.79 Å². The van der Waals surface area contributed by atoms with Gasteiger partial charge in [-0.05, 0) is 25.0 Å². The topological polar surface area (TPSA) is 69.8 Å². The van der Waals surface area contributed by atoms with Gasteiger partial charge >= 0.3 is 0 Å². The number of aromatic nitrogens is 2. The molecule has 0 bridgehead atoms. The molecule has 110 valence electrons. The highest BCUT2D eigenvalue weighted by Gasteiger charge is 2.26. The molecule has 3 rings (SSSR count). The van der Waals surface area contributed by atoms with Crippen LogP contribution in [0.15, 0.2) is 30.6 Å². The number of hydrogen-bond acceptors (Lipinski definition) is 3. The largest absolute Gasteiger partial charge is 0.348 e.